The van der Waals surface area contributed by atoms with E-state index in [1.807, 2.05) is 61.5 Å². The minimum absolute atomic E-state index is 0.0714. The van der Waals surface area contributed by atoms with Gasteiger partial charge in [0.05, 0.1) is 6.04 Å². The van der Waals surface area contributed by atoms with Gasteiger partial charge in [0.2, 0.25) is 9.47 Å². The lowest BCUT2D eigenvalue weighted by Crippen LogP contribution is -2.29. The smallest absolute Gasteiger partial charge is 0.270 e. The molecule has 0 fully saturated rings. The Kier molecular flexibility index (Phi) is 6.85. The Balaban J connectivity index is 1.57. The van der Waals surface area contributed by atoms with Gasteiger partial charge in [-0.3, -0.25) is 10.1 Å². The summed E-state index contributed by atoms with van der Waals surface area (Å²) >= 11 is 6.61. The number of benzene rings is 3. The van der Waals surface area contributed by atoms with E-state index in [0.717, 1.165) is 28.0 Å². The molecule has 7 nitrogen and oxygen atoms in total. The van der Waals surface area contributed by atoms with Crippen molar-refractivity contribution >= 4 is 44.0 Å². The van der Waals surface area contributed by atoms with Crippen LogP contribution in [0.5, 0.6) is 0 Å². The zero-order valence-corrected chi connectivity index (χ0v) is 19.8. The molecule has 0 aliphatic heterocycles. The highest BCUT2D eigenvalue weighted by molar-refractivity contribution is 7.91. The molecule has 33 heavy (non-hydrogen) atoms. The van der Waals surface area contributed by atoms with Crippen molar-refractivity contribution in [2.75, 3.05) is 5.32 Å². The fraction of sp³-hybridized carbons (Fsp3) is 0.0870. The van der Waals surface area contributed by atoms with Gasteiger partial charge < -0.3 is 0 Å². The number of aromatic nitrogens is 2. The van der Waals surface area contributed by atoms with Crippen LogP contribution in [0, 0.1) is 6.92 Å². The number of anilines is 1. The van der Waals surface area contributed by atoms with Crippen LogP contribution in [-0.4, -0.2) is 24.5 Å². The molecule has 0 bridgehead atoms. The normalized spacial score (nSPS) is 12.3. The average molecular weight is 499 g/mol. The number of halogens is 1. The summed E-state index contributed by atoms with van der Waals surface area (Å²) < 4.78 is 28.8. The molecule has 0 saturated carbocycles. The molecule has 0 aliphatic rings. The molecule has 1 amide bonds. The van der Waals surface area contributed by atoms with E-state index in [4.69, 9.17) is 11.6 Å². The zero-order valence-electron chi connectivity index (χ0n) is 17.4. The van der Waals surface area contributed by atoms with Gasteiger partial charge in [0, 0.05) is 10.6 Å². The fourth-order valence-electron chi connectivity index (χ4n) is 3.17. The van der Waals surface area contributed by atoms with E-state index >= 15 is 0 Å². The number of nitrogens with zero attached hydrogens (tertiary/aromatic N) is 2. The first-order valence-electron chi connectivity index (χ1n) is 9.86. The highest BCUT2D eigenvalue weighted by Gasteiger charge is 2.27. The number of sulfonamides is 1. The third-order valence-electron chi connectivity index (χ3n) is 4.74. The average Bonchev–Trinajstić information content (AvgIpc) is 3.28. The number of aryl methyl sites for hydroxylation is 1. The highest BCUT2D eigenvalue weighted by atomic mass is 35.5. The summed E-state index contributed by atoms with van der Waals surface area (Å²) in [5.41, 5.74) is 2.95. The topological polar surface area (TPSA) is 101 Å². The van der Waals surface area contributed by atoms with Crippen LogP contribution in [0.3, 0.4) is 0 Å². The van der Waals surface area contributed by atoms with E-state index in [1.54, 1.807) is 24.3 Å². The van der Waals surface area contributed by atoms with Crippen molar-refractivity contribution in [1.29, 1.82) is 0 Å². The van der Waals surface area contributed by atoms with Crippen molar-refractivity contribution < 1.29 is 13.2 Å². The lowest BCUT2D eigenvalue weighted by Gasteiger charge is -2.19. The van der Waals surface area contributed by atoms with Crippen LogP contribution in [0.1, 0.15) is 33.1 Å². The molecular formula is C23H19ClN4O3S2. The molecule has 3 aromatic carbocycles. The third kappa shape index (κ3) is 5.63. The molecule has 0 unspecified atom stereocenters. The third-order valence-corrected chi connectivity index (χ3v) is 7.63. The number of amides is 1. The van der Waals surface area contributed by atoms with Crippen LogP contribution in [0.2, 0.25) is 5.02 Å². The highest BCUT2D eigenvalue weighted by Crippen LogP contribution is 2.27. The van der Waals surface area contributed by atoms with Crippen molar-refractivity contribution in [2.24, 2.45) is 0 Å². The Bertz CT molecular complexity index is 1370. The summed E-state index contributed by atoms with van der Waals surface area (Å²) in [6, 6.07) is 22.6. The maximum atomic E-state index is 13.2. The lowest BCUT2D eigenvalue weighted by atomic mass is 9.98. The second-order valence-corrected chi connectivity index (χ2v) is 10.5. The van der Waals surface area contributed by atoms with Gasteiger partial charge in [0.15, 0.2) is 0 Å². The molecule has 1 heterocycles. The second-order valence-electron chi connectivity index (χ2n) is 7.21. The molecular weight excluding hydrogens is 480 g/mol. The number of carbonyl (C=O) groups excluding carboxylic acids is 1. The SMILES string of the molecule is Cc1cccc([C@H](NS(=O)(=O)c2nnc(NC(=O)c3ccc(Cl)cc3)s2)c2ccccc2)c1. The molecule has 0 radical (unpaired) electrons. The second kappa shape index (κ2) is 9.80. The first kappa shape index (κ1) is 23.1. The Morgan fingerprint density at radius 3 is 2.33 bits per heavy atom. The van der Waals surface area contributed by atoms with Gasteiger partial charge in [-0.1, -0.05) is 83.1 Å². The van der Waals surface area contributed by atoms with Crippen LogP contribution in [-0.2, 0) is 10.0 Å². The Labute approximate surface area is 200 Å². The summed E-state index contributed by atoms with van der Waals surface area (Å²) in [7, 11) is -4.03. The number of nitrogens with one attached hydrogen (secondary N) is 2. The monoisotopic (exact) mass is 498 g/mol. The van der Waals surface area contributed by atoms with Gasteiger partial charge in [0.1, 0.15) is 0 Å². The molecule has 0 saturated heterocycles. The van der Waals surface area contributed by atoms with Gasteiger partial charge in [-0.15, -0.1) is 10.2 Å². The molecule has 1 aromatic heterocycles. The molecule has 4 rings (SSSR count). The van der Waals surface area contributed by atoms with E-state index in [9.17, 15) is 13.2 Å². The molecule has 1 atom stereocenters. The minimum Gasteiger partial charge on any atom is -0.296 e. The fourth-order valence-corrected chi connectivity index (χ4v) is 5.42. The standard InChI is InChI=1S/C23H19ClN4O3S2/c1-15-6-5-9-18(14-15)20(16-7-3-2-4-8-16)28-33(30,31)23-27-26-22(32-23)25-21(29)17-10-12-19(24)13-11-17/h2-14,20,28H,1H3,(H,25,26,29)/t20-/m1/s1. The van der Waals surface area contributed by atoms with E-state index in [0.29, 0.717) is 10.6 Å². The van der Waals surface area contributed by atoms with Crippen LogP contribution in [0.25, 0.3) is 0 Å². The quantitative estimate of drug-likeness (QED) is 0.356. The van der Waals surface area contributed by atoms with Crippen molar-refractivity contribution in [3.05, 3.63) is 106 Å². The van der Waals surface area contributed by atoms with Gasteiger partial charge in [-0.05, 0) is 42.3 Å². The van der Waals surface area contributed by atoms with Gasteiger partial charge in [-0.2, -0.15) is 4.72 Å². The largest absolute Gasteiger partial charge is 0.296 e. The summed E-state index contributed by atoms with van der Waals surface area (Å²) in [6.45, 7) is 1.94. The van der Waals surface area contributed by atoms with Crippen molar-refractivity contribution in [1.82, 2.24) is 14.9 Å². The van der Waals surface area contributed by atoms with E-state index in [1.165, 1.54) is 0 Å². The van der Waals surface area contributed by atoms with Crippen LogP contribution in [0.15, 0.2) is 83.2 Å². The van der Waals surface area contributed by atoms with Gasteiger partial charge in [0.25, 0.3) is 15.9 Å². The lowest BCUT2D eigenvalue weighted by molar-refractivity contribution is 0.102. The van der Waals surface area contributed by atoms with E-state index < -0.39 is 22.0 Å². The van der Waals surface area contributed by atoms with Crippen LogP contribution >= 0.6 is 22.9 Å². The Hall–Kier alpha value is -3.11. The predicted octanol–water partition coefficient (Wildman–Crippen LogP) is 4.82. The first-order chi connectivity index (χ1) is 15.8. The van der Waals surface area contributed by atoms with E-state index in [-0.39, 0.29) is 9.47 Å². The number of rotatable bonds is 7. The molecule has 4 aromatic rings. The molecule has 10 heteroatoms. The van der Waals surface area contributed by atoms with Crippen molar-refractivity contribution in [3.63, 3.8) is 0 Å². The first-order valence-corrected chi connectivity index (χ1v) is 12.5. The molecule has 168 valence electrons. The molecule has 0 spiro atoms. The van der Waals surface area contributed by atoms with E-state index in [2.05, 4.69) is 20.2 Å². The van der Waals surface area contributed by atoms with Gasteiger partial charge >= 0.3 is 0 Å². The summed E-state index contributed by atoms with van der Waals surface area (Å²) in [5.74, 6) is -0.443. The number of carbonyl (C=O) groups is 1. The predicted molar refractivity (Wildman–Crippen MR) is 129 cm³/mol. The van der Waals surface area contributed by atoms with Gasteiger partial charge in [-0.25, -0.2) is 8.42 Å². The maximum absolute atomic E-state index is 13.2. The van der Waals surface area contributed by atoms with Crippen molar-refractivity contribution in [3.8, 4) is 0 Å². The number of hydrogen-bond acceptors (Lipinski definition) is 6. The summed E-state index contributed by atoms with van der Waals surface area (Å²) in [5, 5.41) is 10.8. The molecule has 2 N–H and O–H groups in total. The minimum atomic E-state index is -4.03. The molecule has 0 aliphatic carbocycles. The zero-order chi connectivity index (χ0) is 23.4. The maximum Gasteiger partial charge on any atom is 0.270 e. The summed E-state index contributed by atoms with van der Waals surface area (Å²) in [6.07, 6.45) is 0. The Morgan fingerprint density at radius 2 is 1.64 bits per heavy atom. The number of hydrogen-bond donors (Lipinski definition) is 2. The van der Waals surface area contributed by atoms with Crippen LogP contribution < -0.4 is 10.0 Å². The summed E-state index contributed by atoms with van der Waals surface area (Å²) in [4.78, 5) is 12.4. The Morgan fingerprint density at radius 1 is 0.939 bits per heavy atom. The van der Waals surface area contributed by atoms with Crippen LogP contribution in [0.4, 0.5) is 5.13 Å². The van der Waals surface area contributed by atoms with Crippen molar-refractivity contribution in [2.45, 2.75) is 17.3 Å².